The summed E-state index contributed by atoms with van der Waals surface area (Å²) in [5.41, 5.74) is 5.99. The lowest BCUT2D eigenvalue weighted by molar-refractivity contribution is 0.101. The molecule has 0 saturated heterocycles. The predicted molar refractivity (Wildman–Crippen MR) is 76.0 cm³/mol. The van der Waals surface area contributed by atoms with Crippen molar-refractivity contribution in [3.63, 3.8) is 0 Å². The minimum absolute atomic E-state index is 0.0774. The lowest BCUT2D eigenvalue weighted by atomic mass is 9.93. The molecule has 0 amide bonds. The van der Waals surface area contributed by atoms with Gasteiger partial charge in [-0.25, -0.2) is 13.1 Å². The van der Waals surface area contributed by atoms with Crippen molar-refractivity contribution in [2.45, 2.75) is 42.7 Å². The Labute approximate surface area is 119 Å². The number of anilines is 1. The molecule has 1 aliphatic rings. The molecule has 112 valence electrons. The molecule has 1 aliphatic carbocycles. The number of aliphatic hydroxyl groups excluding tert-OH is 1. The molecule has 6 nitrogen and oxygen atoms in total. The van der Waals surface area contributed by atoms with Gasteiger partial charge in [0.05, 0.1) is 23.8 Å². The fraction of sp³-hybridized carbons (Fsp3) is 0.538. The first kappa shape index (κ1) is 15.1. The molecule has 7 heteroatoms. The van der Waals surface area contributed by atoms with Gasteiger partial charge < -0.3 is 15.6 Å². The number of nitrogens with one attached hydrogen (secondary N) is 1. The third-order valence-corrected chi connectivity index (χ3v) is 5.04. The zero-order chi connectivity index (χ0) is 14.8. The van der Waals surface area contributed by atoms with Gasteiger partial charge in [0, 0.05) is 6.04 Å². The highest BCUT2D eigenvalue weighted by Gasteiger charge is 2.28. The second-order valence-electron chi connectivity index (χ2n) is 4.98. The first-order valence-electron chi connectivity index (χ1n) is 6.58. The normalized spacial score (nSPS) is 23.5. The summed E-state index contributed by atoms with van der Waals surface area (Å²) in [6.07, 6.45) is 2.47. The molecule has 2 rings (SSSR count). The molecule has 1 aromatic carbocycles. The fourth-order valence-corrected chi connectivity index (χ4v) is 3.73. The van der Waals surface area contributed by atoms with E-state index in [1.54, 1.807) is 0 Å². The zero-order valence-corrected chi connectivity index (χ0v) is 12.2. The zero-order valence-electron chi connectivity index (χ0n) is 11.4. The van der Waals surface area contributed by atoms with E-state index >= 15 is 0 Å². The third kappa shape index (κ3) is 3.23. The maximum Gasteiger partial charge on any atom is 0.240 e. The van der Waals surface area contributed by atoms with Crippen molar-refractivity contribution in [3.8, 4) is 5.75 Å². The Morgan fingerprint density at radius 3 is 2.65 bits per heavy atom. The standard InChI is InChI=1S/C13H20N2O4S/c1-19-13-7-6-9(8-10(13)14)20(17,18)15-11-4-2-3-5-12(11)16/h6-8,11-12,15-16H,2-5,14H2,1H3/t11-,12-/m0/s1. The highest BCUT2D eigenvalue weighted by Crippen LogP contribution is 2.25. The van der Waals surface area contributed by atoms with Gasteiger partial charge in [0.15, 0.2) is 0 Å². The van der Waals surface area contributed by atoms with Crippen molar-refractivity contribution in [1.29, 1.82) is 0 Å². The lowest BCUT2D eigenvalue weighted by Gasteiger charge is -2.28. The Hall–Kier alpha value is -1.31. The van der Waals surface area contributed by atoms with Crippen molar-refractivity contribution < 1.29 is 18.3 Å². The molecule has 0 radical (unpaired) electrons. The number of sulfonamides is 1. The molecule has 0 bridgehead atoms. The average molecular weight is 300 g/mol. The number of nitrogen functional groups attached to an aromatic ring is 1. The van der Waals surface area contributed by atoms with E-state index in [9.17, 15) is 13.5 Å². The monoisotopic (exact) mass is 300 g/mol. The number of benzene rings is 1. The molecule has 0 unspecified atom stereocenters. The van der Waals surface area contributed by atoms with Crippen LogP contribution >= 0.6 is 0 Å². The minimum Gasteiger partial charge on any atom is -0.495 e. The summed E-state index contributed by atoms with van der Waals surface area (Å²) in [4.78, 5) is 0.0774. The van der Waals surface area contributed by atoms with E-state index in [4.69, 9.17) is 10.5 Å². The minimum atomic E-state index is -3.69. The van der Waals surface area contributed by atoms with Gasteiger partial charge in [-0.3, -0.25) is 0 Å². The molecule has 1 aromatic rings. The fourth-order valence-electron chi connectivity index (χ4n) is 2.40. The van der Waals surface area contributed by atoms with Crippen LogP contribution in [-0.4, -0.2) is 32.8 Å². The number of hydrogen-bond donors (Lipinski definition) is 3. The highest BCUT2D eigenvalue weighted by atomic mass is 32.2. The smallest absolute Gasteiger partial charge is 0.240 e. The summed E-state index contributed by atoms with van der Waals surface area (Å²) < 4.78 is 32.1. The molecule has 0 aliphatic heterocycles. The maximum absolute atomic E-state index is 12.3. The largest absolute Gasteiger partial charge is 0.495 e. The summed E-state index contributed by atoms with van der Waals surface area (Å²) in [5, 5.41) is 9.84. The highest BCUT2D eigenvalue weighted by molar-refractivity contribution is 7.89. The van der Waals surface area contributed by atoms with Crippen molar-refractivity contribution in [2.24, 2.45) is 0 Å². The number of hydrogen-bond acceptors (Lipinski definition) is 5. The van der Waals surface area contributed by atoms with E-state index in [2.05, 4.69) is 4.72 Å². The number of aliphatic hydroxyl groups is 1. The summed E-state index contributed by atoms with van der Waals surface area (Å²) in [7, 11) is -2.22. The van der Waals surface area contributed by atoms with E-state index in [-0.39, 0.29) is 10.6 Å². The number of rotatable bonds is 4. The Balaban J connectivity index is 2.19. The van der Waals surface area contributed by atoms with E-state index in [0.717, 1.165) is 12.8 Å². The van der Waals surface area contributed by atoms with Crippen LogP contribution < -0.4 is 15.2 Å². The van der Waals surface area contributed by atoms with Crippen molar-refractivity contribution >= 4 is 15.7 Å². The first-order valence-corrected chi connectivity index (χ1v) is 8.06. The predicted octanol–water partition coefficient (Wildman–Crippen LogP) is 0.859. The molecular formula is C13H20N2O4S. The first-order chi connectivity index (χ1) is 9.44. The summed E-state index contributed by atoms with van der Waals surface area (Å²) in [6.45, 7) is 0. The van der Waals surface area contributed by atoms with Gasteiger partial charge in [0.25, 0.3) is 0 Å². The van der Waals surface area contributed by atoms with Gasteiger partial charge in [-0.2, -0.15) is 0 Å². The molecule has 2 atom stereocenters. The van der Waals surface area contributed by atoms with Gasteiger partial charge in [0.2, 0.25) is 10.0 Å². The van der Waals surface area contributed by atoms with E-state index in [1.165, 1.54) is 25.3 Å². The van der Waals surface area contributed by atoms with Crippen molar-refractivity contribution in [1.82, 2.24) is 4.72 Å². The molecule has 0 spiro atoms. The van der Waals surface area contributed by atoms with Crippen LogP contribution in [0.25, 0.3) is 0 Å². The van der Waals surface area contributed by atoms with Gasteiger partial charge in [0.1, 0.15) is 5.75 Å². The SMILES string of the molecule is COc1ccc(S(=O)(=O)N[C@H]2CCCC[C@@H]2O)cc1N. The van der Waals surface area contributed by atoms with Crippen LogP contribution in [0.5, 0.6) is 5.75 Å². The Kier molecular flexibility index (Phi) is 4.52. The van der Waals surface area contributed by atoms with E-state index in [1.807, 2.05) is 0 Å². The topological polar surface area (TPSA) is 102 Å². The molecule has 0 heterocycles. The van der Waals surface area contributed by atoms with Crippen LogP contribution in [0, 0.1) is 0 Å². The number of nitrogens with two attached hydrogens (primary N) is 1. The summed E-state index contributed by atoms with van der Waals surface area (Å²) >= 11 is 0. The van der Waals surface area contributed by atoms with Crippen LogP contribution in [0.3, 0.4) is 0 Å². The van der Waals surface area contributed by atoms with E-state index in [0.29, 0.717) is 18.6 Å². The molecule has 20 heavy (non-hydrogen) atoms. The van der Waals surface area contributed by atoms with Crippen LogP contribution in [-0.2, 0) is 10.0 Å². The lowest BCUT2D eigenvalue weighted by Crippen LogP contribution is -2.44. The molecule has 4 N–H and O–H groups in total. The molecular weight excluding hydrogens is 280 g/mol. The molecule has 1 fully saturated rings. The summed E-state index contributed by atoms with van der Waals surface area (Å²) in [6, 6.07) is 3.88. The number of ether oxygens (including phenoxy) is 1. The van der Waals surface area contributed by atoms with Gasteiger partial charge in [-0.1, -0.05) is 12.8 Å². The second-order valence-corrected chi connectivity index (χ2v) is 6.70. The van der Waals surface area contributed by atoms with Crippen molar-refractivity contribution in [2.75, 3.05) is 12.8 Å². The molecule has 1 saturated carbocycles. The molecule has 0 aromatic heterocycles. The number of methoxy groups -OCH3 is 1. The van der Waals surface area contributed by atoms with Crippen LogP contribution in [0.15, 0.2) is 23.1 Å². The quantitative estimate of drug-likeness (QED) is 0.716. The van der Waals surface area contributed by atoms with Gasteiger partial charge in [-0.05, 0) is 31.0 Å². The van der Waals surface area contributed by atoms with Gasteiger partial charge in [-0.15, -0.1) is 0 Å². The average Bonchev–Trinajstić information content (AvgIpc) is 2.41. The maximum atomic E-state index is 12.3. The Morgan fingerprint density at radius 2 is 2.05 bits per heavy atom. The van der Waals surface area contributed by atoms with Crippen LogP contribution in [0.1, 0.15) is 25.7 Å². The Morgan fingerprint density at radius 1 is 1.35 bits per heavy atom. The van der Waals surface area contributed by atoms with E-state index < -0.39 is 22.2 Å². The van der Waals surface area contributed by atoms with Crippen LogP contribution in [0.2, 0.25) is 0 Å². The van der Waals surface area contributed by atoms with Crippen LogP contribution in [0.4, 0.5) is 5.69 Å². The Bertz CT molecular complexity index is 574. The van der Waals surface area contributed by atoms with Gasteiger partial charge >= 0.3 is 0 Å². The summed E-state index contributed by atoms with van der Waals surface area (Å²) in [5.74, 6) is 0.432. The second kappa shape index (κ2) is 5.99. The van der Waals surface area contributed by atoms with Crippen molar-refractivity contribution in [3.05, 3.63) is 18.2 Å². The third-order valence-electron chi connectivity index (χ3n) is 3.55.